The lowest BCUT2D eigenvalue weighted by Gasteiger charge is -2.29. The fourth-order valence-corrected chi connectivity index (χ4v) is 4.45. The average molecular weight is 498 g/mol. The van der Waals surface area contributed by atoms with Crippen LogP contribution in [0.4, 0.5) is 15.0 Å². The van der Waals surface area contributed by atoms with E-state index in [2.05, 4.69) is 15.4 Å². The molecule has 192 valence electrons. The number of pyridine rings is 1. The van der Waals surface area contributed by atoms with Crippen LogP contribution in [-0.4, -0.2) is 51.4 Å². The first-order valence-corrected chi connectivity index (χ1v) is 12.1. The Labute approximate surface area is 209 Å². The molecule has 1 saturated carbocycles. The van der Waals surface area contributed by atoms with Gasteiger partial charge in [-0.2, -0.15) is 5.10 Å². The number of rotatable bonds is 5. The van der Waals surface area contributed by atoms with Crippen molar-refractivity contribution in [2.45, 2.75) is 64.6 Å². The minimum atomic E-state index is -0.662. The van der Waals surface area contributed by atoms with Gasteiger partial charge < -0.3 is 20.8 Å². The number of benzene rings is 1. The largest absolute Gasteiger partial charge is 0.446 e. The fourth-order valence-electron chi connectivity index (χ4n) is 4.45. The van der Waals surface area contributed by atoms with E-state index < -0.39 is 11.7 Å². The number of hydrazone groups is 1. The van der Waals surface area contributed by atoms with Crippen LogP contribution in [0.5, 0.6) is 0 Å². The van der Waals surface area contributed by atoms with Crippen molar-refractivity contribution in [2.24, 2.45) is 16.8 Å². The van der Waals surface area contributed by atoms with E-state index in [9.17, 15) is 14.0 Å². The van der Waals surface area contributed by atoms with E-state index in [0.29, 0.717) is 24.2 Å². The summed E-state index contributed by atoms with van der Waals surface area (Å²) < 4.78 is 20.5. The maximum Gasteiger partial charge on any atom is 0.410 e. The van der Waals surface area contributed by atoms with Crippen LogP contribution in [0.15, 0.2) is 35.4 Å². The van der Waals surface area contributed by atoms with Crippen molar-refractivity contribution in [1.82, 2.24) is 14.9 Å². The molecule has 2 aromatic rings. The number of ether oxygens (including phenoxy) is 1. The second kappa shape index (κ2) is 10.9. The fraction of sp³-hybridized carbons (Fsp3) is 0.440. The summed E-state index contributed by atoms with van der Waals surface area (Å²) >= 11 is 0. The molecule has 0 radical (unpaired) electrons. The molecule has 5 N–H and O–H groups in total. The Morgan fingerprint density at radius 1 is 1.25 bits per heavy atom. The maximum absolute atomic E-state index is 14.9. The van der Waals surface area contributed by atoms with Gasteiger partial charge in [0, 0.05) is 19.1 Å². The summed E-state index contributed by atoms with van der Waals surface area (Å²) in [6.45, 7) is 4.43. The number of amides is 2. The van der Waals surface area contributed by atoms with Gasteiger partial charge >= 0.3 is 6.09 Å². The zero-order valence-corrected chi connectivity index (χ0v) is 20.5. The first kappa shape index (κ1) is 25.4. The van der Waals surface area contributed by atoms with Gasteiger partial charge in [-0.25, -0.2) is 20.0 Å². The molecule has 36 heavy (non-hydrogen) atoms. The van der Waals surface area contributed by atoms with Crippen LogP contribution < -0.4 is 17.0 Å². The summed E-state index contributed by atoms with van der Waals surface area (Å²) in [6.07, 6.45) is 4.01. The molecule has 2 aliphatic rings. The second-order valence-corrected chi connectivity index (χ2v) is 9.38. The molecule has 2 amide bonds. The van der Waals surface area contributed by atoms with Crippen LogP contribution in [0.3, 0.4) is 0 Å². The minimum absolute atomic E-state index is 0.0339. The number of hydrogen-bond donors (Lipinski definition) is 3. The molecule has 1 aliphatic heterocycles. The molecule has 11 heteroatoms. The van der Waals surface area contributed by atoms with Crippen LogP contribution in [0.25, 0.3) is 0 Å². The Morgan fingerprint density at radius 2 is 2.00 bits per heavy atom. The van der Waals surface area contributed by atoms with Gasteiger partial charge in [0.05, 0.1) is 5.56 Å². The summed E-state index contributed by atoms with van der Waals surface area (Å²) in [6, 6.07) is 7.65. The third kappa shape index (κ3) is 5.56. The Hall–Kier alpha value is -3.73. The smallest absolute Gasteiger partial charge is 0.410 e. The number of hydrogen-bond acceptors (Lipinski definition) is 7. The van der Waals surface area contributed by atoms with Crippen molar-refractivity contribution in [3.05, 3.63) is 58.5 Å². The molecular weight excluding hydrogens is 465 g/mol. The summed E-state index contributed by atoms with van der Waals surface area (Å²) in [5.41, 5.74) is 1.71. The summed E-state index contributed by atoms with van der Waals surface area (Å²) in [4.78, 5) is 31.5. The Morgan fingerprint density at radius 3 is 2.69 bits per heavy atom. The molecule has 10 nitrogen and oxygen atoms in total. The average Bonchev–Trinajstić information content (AvgIpc) is 3.37. The molecule has 0 atom stereocenters. The van der Waals surface area contributed by atoms with Gasteiger partial charge in [-0.3, -0.25) is 9.80 Å². The number of amidine groups is 1. The highest BCUT2D eigenvalue weighted by molar-refractivity contribution is 6.04. The Kier molecular flexibility index (Phi) is 7.68. The lowest BCUT2D eigenvalue weighted by molar-refractivity contribution is 0.0618. The predicted molar refractivity (Wildman–Crippen MR) is 133 cm³/mol. The minimum Gasteiger partial charge on any atom is -0.446 e. The van der Waals surface area contributed by atoms with Gasteiger partial charge in [-0.15, -0.1) is 0 Å². The number of nitrogens with one attached hydrogen (secondary N) is 1. The highest BCUT2D eigenvalue weighted by atomic mass is 19.1. The van der Waals surface area contributed by atoms with E-state index in [1.165, 1.54) is 17.1 Å². The molecule has 4 rings (SSSR count). The summed E-state index contributed by atoms with van der Waals surface area (Å²) in [7, 11) is 0. The molecule has 1 aliphatic carbocycles. The third-order valence-corrected chi connectivity index (χ3v) is 6.52. The van der Waals surface area contributed by atoms with E-state index in [4.69, 9.17) is 16.4 Å². The second-order valence-electron chi connectivity index (χ2n) is 9.38. The van der Waals surface area contributed by atoms with Crippen molar-refractivity contribution in [3.63, 3.8) is 0 Å². The number of halogens is 1. The Bertz CT molecular complexity index is 1160. The van der Waals surface area contributed by atoms with E-state index >= 15 is 0 Å². The number of aromatic nitrogens is 1. The molecule has 0 bridgehead atoms. The maximum atomic E-state index is 14.9. The van der Waals surface area contributed by atoms with E-state index in [1.54, 1.807) is 23.1 Å². The normalized spacial score (nSPS) is 16.1. The number of nitrogens with zero attached hydrogens (tertiary/aromatic N) is 4. The van der Waals surface area contributed by atoms with Gasteiger partial charge in [0.2, 0.25) is 0 Å². The highest BCUT2D eigenvalue weighted by Gasteiger charge is 2.28. The van der Waals surface area contributed by atoms with E-state index in [1.807, 2.05) is 13.8 Å². The molecule has 1 fully saturated rings. The molecule has 0 spiro atoms. The van der Waals surface area contributed by atoms with Crippen molar-refractivity contribution in [1.29, 1.82) is 0 Å². The summed E-state index contributed by atoms with van der Waals surface area (Å²) in [5, 5.41) is 7.70. The molecule has 0 saturated heterocycles. The molecular formula is C25H32FN7O3. The van der Waals surface area contributed by atoms with Crippen LogP contribution in [0, 0.1) is 5.82 Å². The first-order chi connectivity index (χ1) is 17.3. The molecule has 1 aromatic heterocycles. The van der Waals surface area contributed by atoms with E-state index in [-0.39, 0.29) is 42.0 Å². The SMILES string of the molecule is CC(C)N(N)/C(=N\N)c1cccc(NC(=O)c2cc3c(cc2F)CCN(C(=O)OC2CCCC2)C3)n1. The monoisotopic (exact) mass is 497 g/mol. The van der Waals surface area contributed by atoms with Gasteiger partial charge in [0.25, 0.3) is 5.91 Å². The standard InChI is InChI=1S/C25H32FN7O3/c1-15(2)33(28)23(31-27)21-8-5-9-22(29-21)30-24(34)19-12-17-14-32(11-10-16(17)13-20(19)26)25(35)36-18-6-3-4-7-18/h5,8-9,12-13,15,18H,3-4,6-7,10-11,14,27-28H2,1-2H3,(H,29,30,34)/b31-23-. The number of anilines is 1. The molecule has 1 aromatic carbocycles. The van der Waals surface area contributed by atoms with Crippen molar-refractivity contribution in [2.75, 3.05) is 11.9 Å². The molecule has 0 unspecified atom stereocenters. The van der Waals surface area contributed by atoms with E-state index in [0.717, 1.165) is 31.2 Å². The van der Waals surface area contributed by atoms with Crippen LogP contribution in [0.2, 0.25) is 0 Å². The zero-order chi connectivity index (χ0) is 25.8. The topological polar surface area (TPSA) is 139 Å². The number of hydrazine groups is 1. The zero-order valence-electron chi connectivity index (χ0n) is 20.5. The van der Waals surface area contributed by atoms with Crippen LogP contribution >= 0.6 is 0 Å². The summed E-state index contributed by atoms with van der Waals surface area (Å²) in [5.74, 6) is 10.6. The van der Waals surface area contributed by atoms with Crippen molar-refractivity contribution in [3.8, 4) is 0 Å². The van der Waals surface area contributed by atoms with Crippen molar-refractivity contribution >= 4 is 23.7 Å². The van der Waals surface area contributed by atoms with Gasteiger partial charge in [-0.05, 0) is 81.3 Å². The molecule has 2 heterocycles. The lowest BCUT2D eigenvalue weighted by Crippen LogP contribution is -2.44. The lowest BCUT2D eigenvalue weighted by atomic mass is 9.96. The van der Waals surface area contributed by atoms with Crippen LogP contribution in [-0.2, 0) is 17.7 Å². The number of nitrogens with two attached hydrogens (primary N) is 2. The third-order valence-electron chi connectivity index (χ3n) is 6.52. The van der Waals surface area contributed by atoms with Crippen molar-refractivity contribution < 1.29 is 18.7 Å². The number of carbonyl (C=O) groups is 2. The Balaban J connectivity index is 1.49. The predicted octanol–water partition coefficient (Wildman–Crippen LogP) is 3.11. The van der Waals surface area contributed by atoms with Gasteiger partial charge in [0.15, 0.2) is 5.84 Å². The quantitative estimate of drug-likeness (QED) is 0.250. The van der Waals surface area contributed by atoms with Crippen LogP contribution in [0.1, 0.15) is 66.7 Å². The highest BCUT2D eigenvalue weighted by Crippen LogP contribution is 2.26. The number of carbonyl (C=O) groups excluding carboxylic acids is 2. The van der Waals surface area contributed by atoms with Gasteiger partial charge in [0.1, 0.15) is 23.4 Å². The van der Waals surface area contributed by atoms with Gasteiger partial charge in [-0.1, -0.05) is 6.07 Å². The number of fused-ring (bicyclic) bond motifs is 1. The first-order valence-electron chi connectivity index (χ1n) is 12.1.